The number of ether oxygens (including phenoxy) is 1. The number of hydrogen-bond donors (Lipinski definition) is 1. The third-order valence-corrected chi connectivity index (χ3v) is 5.91. The van der Waals surface area contributed by atoms with E-state index in [0.717, 1.165) is 6.42 Å². The maximum atomic E-state index is 11.9. The van der Waals surface area contributed by atoms with Crippen molar-refractivity contribution in [3.8, 4) is 0 Å². The Morgan fingerprint density at radius 2 is 2.05 bits per heavy atom. The van der Waals surface area contributed by atoms with Crippen molar-refractivity contribution in [1.29, 1.82) is 0 Å². The van der Waals surface area contributed by atoms with E-state index in [2.05, 4.69) is 12.2 Å². The second-order valence-electron chi connectivity index (χ2n) is 5.50. The van der Waals surface area contributed by atoms with Crippen molar-refractivity contribution in [3.05, 3.63) is 0 Å². The molecule has 2 aliphatic rings. The van der Waals surface area contributed by atoms with Gasteiger partial charge < -0.3 is 4.74 Å². The molecule has 0 bridgehead atoms. The molecular weight excluding hydrogens is 282 g/mol. The maximum Gasteiger partial charge on any atom is 0.324 e. The molecule has 0 aromatic rings. The number of hydrogen-bond acceptors (Lipinski definition) is 4. The molecule has 0 amide bonds. The molecule has 1 aliphatic carbocycles. The van der Waals surface area contributed by atoms with Crippen LogP contribution in [0, 0.1) is 0 Å². The molecule has 2 atom stereocenters. The predicted octanol–water partition coefficient (Wildman–Crippen LogP) is 3.51. The van der Waals surface area contributed by atoms with E-state index in [0.29, 0.717) is 5.25 Å². The van der Waals surface area contributed by atoms with Crippen molar-refractivity contribution in [3.63, 3.8) is 0 Å². The van der Waals surface area contributed by atoms with Gasteiger partial charge in [-0.05, 0) is 19.3 Å². The normalized spacial score (nSPS) is 28.9. The molecular formula is C14H26ClNO2S. The van der Waals surface area contributed by atoms with Crippen molar-refractivity contribution in [1.82, 2.24) is 5.32 Å². The van der Waals surface area contributed by atoms with Crippen LogP contribution in [0.15, 0.2) is 0 Å². The zero-order valence-corrected chi connectivity index (χ0v) is 13.6. The molecule has 3 nitrogen and oxygen atoms in total. The number of halogens is 1. The van der Waals surface area contributed by atoms with E-state index in [1.165, 1.54) is 52.1 Å². The lowest BCUT2D eigenvalue weighted by atomic mass is 9.94. The first-order valence-corrected chi connectivity index (χ1v) is 8.12. The quantitative estimate of drug-likeness (QED) is 0.807. The average Bonchev–Trinajstić information content (AvgIpc) is 2.75. The van der Waals surface area contributed by atoms with Crippen LogP contribution in [0.1, 0.15) is 58.3 Å². The number of unbranched alkanes of at least 4 members (excludes halogenated alkanes) is 1. The molecule has 1 saturated carbocycles. The van der Waals surface area contributed by atoms with Crippen LogP contribution < -0.4 is 5.32 Å². The Balaban J connectivity index is 0.00000180. The summed E-state index contributed by atoms with van der Waals surface area (Å²) in [6.45, 7) is 2.20. The van der Waals surface area contributed by atoms with Crippen molar-refractivity contribution >= 4 is 30.1 Å². The van der Waals surface area contributed by atoms with Gasteiger partial charge in [-0.25, -0.2) is 0 Å². The van der Waals surface area contributed by atoms with Crippen LogP contribution in [0.3, 0.4) is 0 Å². The molecule has 0 aromatic heterocycles. The summed E-state index contributed by atoms with van der Waals surface area (Å²) in [6, 6.07) is -0.0929. The minimum absolute atomic E-state index is 0. The van der Waals surface area contributed by atoms with Gasteiger partial charge in [0.15, 0.2) is 0 Å². The summed E-state index contributed by atoms with van der Waals surface area (Å²) in [5.74, 6) is -0.0777. The number of carbonyl (C=O) groups is 1. The zero-order valence-electron chi connectivity index (χ0n) is 11.9. The van der Waals surface area contributed by atoms with Gasteiger partial charge in [0.2, 0.25) is 0 Å². The van der Waals surface area contributed by atoms with Crippen LogP contribution in [-0.2, 0) is 9.53 Å². The molecule has 0 aromatic carbocycles. The fourth-order valence-electron chi connectivity index (χ4n) is 3.12. The fraction of sp³-hybridized carbons (Fsp3) is 0.929. The van der Waals surface area contributed by atoms with Gasteiger partial charge in [-0.15, -0.1) is 24.2 Å². The average molecular weight is 308 g/mol. The second kappa shape index (κ2) is 7.75. The van der Waals surface area contributed by atoms with E-state index in [4.69, 9.17) is 4.74 Å². The monoisotopic (exact) mass is 307 g/mol. The molecule has 5 heteroatoms. The second-order valence-corrected chi connectivity index (χ2v) is 7.12. The van der Waals surface area contributed by atoms with Crippen LogP contribution >= 0.6 is 24.2 Å². The Bertz CT molecular complexity index is 295. The Morgan fingerprint density at radius 3 is 2.63 bits per heavy atom. The van der Waals surface area contributed by atoms with E-state index in [1.54, 1.807) is 0 Å². The van der Waals surface area contributed by atoms with Gasteiger partial charge in [0, 0.05) is 5.25 Å². The van der Waals surface area contributed by atoms with Gasteiger partial charge in [-0.2, -0.15) is 0 Å². The van der Waals surface area contributed by atoms with E-state index < -0.39 is 0 Å². The maximum absolute atomic E-state index is 11.9. The topological polar surface area (TPSA) is 38.3 Å². The Kier molecular flexibility index (Phi) is 6.98. The molecule has 1 heterocycles. The summed E-state index contributed by atoms with van der Waals surface area (Å²) in [4.78, 5) is 12.1. The van der Waals surface area contributed by atoms with E-state index in [1.807, 2.05) is 11.8 Å². The van der Waals surface area contributed by atoms with Crippen LogP contribution in [0.4, 0.5) is 0 Å². The predicted molar refractivity (Wildman–Crippen MR) is 82.9 cm³/mol. The van der Waals surface area contributed by atoms with Gasteiger partial charge in [-0.1, -0.05) is 39.0 Å². The smallest absolute Gasteiger partial charge is 0.324 e. The highest BCUT2D eigenvalue weighted by Gasteiger charge is 2.48. The Hall–Kier alpha value is 0.0700. The van der Waals surface area contributed by atoms with Crippen LogP contribution in [-0.4, -0.2) is 29.2 Å². The largest absolute Gasteiger partial charge is 0.468 e. The standard InChI is InChI=1S/C14H25NO2S.ClH/c1-3-4-8-11-12(13(16)17-2)15-14(18-11)9-6-5-7-10-14;/h11-12,15H,3-10H2,1-2H3;1H. The first-order chi connectivity index (χ1) is 8.71. The summed E-state index contributed by atoms with van der Waals surface area (Å²) in [5, 5.41) is 4.00. The highest BCUT2D eigenvalue weighted by molar-refractivity contribution is 8.01. The summed E-state index contributed by atoms with van der Waals surface area (Å²) in [7, 11) is 1.50. The highest BCUT2D eigenvalue weighted by Crippen LogP contribution is 2.47. The molecule has 1 N–H and O–H groups in total. The summed E-state index contributed by atoms with van der Waals surface area (Å²) in [6.07, 6.45) is 9.83. The molecule has 2 rings (SSSR count). The van der Waals surface area contributed by atoms with Crippen LogP contribution in [0.25, 0.3) is 0 Å². The third kappa shape index (κ3) is 4.02. The van der Waals surface area contributed by atoms with Gasteiger partial charge >= 0.3 is 5.97 Å². The van der Waals surface area contributed by atoms with E-state index in [-0.39, 0.29) is 29.3 Å². The van der Waals surface area contributed by atoms with E-state index >= 15 is 0 Å². The van der Waals surface area contributed by atoms with E-state index in [9.17, 15) is 4.79 Å². The Morgan fingerprint density at radius 1 is 1.37 bits per heavy atom. The first-order valence-electron chi connectivity index (χ1n) is 7.24. The molecule has 1 aliphatic heterocycles. The van der Waals surface area contributed by atoms with Crippen molar-refractivity contribution in [2.45, 2.75) is 74.5 Å². The zero-order chi connectivity index (χ0) is 13.0. The number of methoxy groups -OCH3 is 1. The third-order valence-electron chi connectivity index (χ3n) is 4.13. The number of rotatable bonds is 4. The lowest BCUT2D eigenvalue weighted by molar-refractivity contribution is -0.143. The summed E-state index contributed by atoms with van der Waals surface area (Å²) < 4.78 is 4.96. The number of nitrogens with one attached hydrogen (secondary N) is 1. The van der Waals surface area contributed by atoms with Gasteiger partial charge in [0.25, 0.3) is 0 Å². The minimum atomic E-state index is -0.0929. The lowest BCUT2D eigenvalue weighted by Gasteiger charge is -2.33. The summed E-state index contributed by atoms with van der Waals surface area (Å²) >= 11 is 2.01. The number of esters is 1. The van der Waals surface area contributed by atoms with Crippen LogP contribution in [0.5, 0.6) is 0 Å². The number of carbonyl (C=O) groups excluding carboxylic acids is 1. The molecule has 112 valence electrons. The Labute approximate surface area is 127 Å². The number of thioether (sulfide) groups is 1. The van der Waals surface area contributed by atoms with Gasteiger partial charge in [-0.3, -0.25) is 10.1 Å². The molecule has 1 spiro atoms. The van der Waals surface area contributed by atoms with Crippen molar-refractivity contribution < 1.29 is 9.53 Å². The van der Waals surface area contributed by atoms with Crippen molar-refractivity contribution in [2.24, 2.45) is 0 Å². The first kappa shape index (κ1) is 17.1. The summed E-state index contributed by atoms with van der Waals surface area (Å²) in [5.41, 5.74) is 0. The fourth-order valence-corrected chi connectivity index (χ4v) is 5.02. The lowest BCUT2D eigenvalue weighted by Crippen LogP contribution is -2.47. The van der Waals surface area contributed by atoms with Gasteiger partial charge in [0.1, 0.15) is 6.04 Å². The van der Waals surface area contributed by atoms with Crippen LogP contribution in [0.2, 0.25) is 0 Å². The van der Waals surface area contributed by atoms with Crippen molar-refractivity contribution in [2.75, 3.05) is 7.11 Å². The van der Waals surface area contributed by atoms with Gasteiger partial charge in [0.05, 0.1) is 12.0 Å². The highest BCUT2D eigenvalue weighted by atomic mass is 35.5. The molecule has 2 fully saturated rings. The SMILES string of the molecule is CCCCC1SC2(CCCCC2)NC1C(=O)OC.Cl. The minimum Gasteiger partial charge on any atom is -0.468 e. The molecule has 2 unspecified atom stereocenters. The molecule has 0 radical (unpaired) electrons. The molecule has 1 saturated heterocycles. The molecule has 19 heavy (non-hydrogen) atoms.